The van der Waals surface area contributed by atoms with Crippen LogP contribution in [0.5, 0.6) is 34.5 Å². The zero-order chi connectivity index (χ0) is 23.2. The monoisotopic (exact) mass is 442 g/mol. The lowest BCUT2D eigenvalue weighted by Crippen LogP contribution is -1.90. The molecule has 0 saturated carbocycles. The van der Waals surface area contributed by atoms with E-state index in [9.17, 15) is 0 Å². The number of ether oxygens (including phenoxy) is 5. The molecule has 0 unspecified atom stereocenters. The number of hydrogen-bond acceptors (Lipinski definition) is 5. The van der Waals surface area contributed by atoms with E-state index >= 15 is 0 Å². The van der Waals surface area contributed by atoms with Gasteiger partial charge in [0, 0.05) is 12.1 Å². The molecule has 0 amide bonds. The molecule has 0 N–H and O–H groups in total. The first-order valence-corrected chi connectivity index (χ1v) is 10.5. The molecule has 168 valence electrons. The molecule has 0 saturated heterocycles. The molecule has 0 radical (unpaired) electrons. The highest BCUT2D eigenvalue weighted by molar-refractivity contribution is 5.69. The lowest BCUT2D eigenvalue weighted by atomic mass is 10.0. The summed E-state index contributed by atoms with van der Waals surface area (Å²) >= 11 is 0. The molecule has 0 heterocycles. The molecule has 0 aliphatic rings. The van der Waals surface area contributed by atoms with E-state index in [0.717, 1.165) is 56.8 Å². The Morgan fingerprint density at radius 3 is 0.909 bits per heavy atom. The van der Waals surface area contributed by atoms with E-state index in [-0.39, 0.29) is 0 Å². The van der Waals surface area contributed by atoms with E-state index < -0.39 is 0 Å². The number of hydrogen-bond donors (Lipinski definition) is 0. The first-order valence-electron chi connectivity index (χ1n) is 10.5. The van der Waals surface area contributed by atoms with E-state index in [1.54, 1.807) is 28.4 Å². The van der Waals surface area contributed by atoms with Crippen LogP contribution < -0.4 is 23.7 Å². The highest BCUT2D eigenvalue weighted by Gasteiger charge is 2.07. The van der Waals surface area contributed by atoms with Crippen molar-refractivity contribution in [3.8, 4) is 56.8 Å². The maximum atomic E-state index is 6.04. The fourth-order valence-electron chi connectivity index (χ4n) is 3.52. The van der Waals surface area contributed by atoms with E-state index in [1.165, 1.54) is 0 Å². The largest absolute Gasteiger partial charge is 0.497 e. The highest BCUT2D eigenvalue weighted by atomic mass is 16.5. The van der Waals surface area contributed by atoms with Crippen LogP contribution in [-0.2, 0) is 0 Å². The Labute approximate surface area is 194 Å². The number of benzene rings is 4. The van der Waals surface area contributed by atoms with Gasteiger partial charge in [-0.2, -0.15) is 0 Å². The predicted molar refractivity (Wildman–Crippen MR) is 130 cm³/mol. The average molecular weight is 443 g/mol. The summed E-state index contributed by atoms with van der Waals surface area (Å²) in [6, 6.07) is 27.5. The second-order valence-corrected chi connectivity index (χ2v) is 7.35. The standard InChI is InChI=1S/C28H26O5/c1-29-25-13-21(14-26(17-25)30-2)19-5-9-23(10-6-19)33-24-11-7-20(8-12-24)22-15-27(31-3)18-28(16-22)32-4/h5-18H,1-4H3. The fraction of sp³-hybridized carbons (Fsp3) is 0.143. The van der Waals surface area contributed by atoms with Gasteiger partial charge in [-0.05, 0) is 70.8 Å². The minimum absolute atomic E-state index is 0.749. The Hall–Kier alpha value is -4.12. The van der Waals surface area contributed by atoms with Crippen molar-refractivity contribution in [2.75, 3.05) is 28.4 Å². The smallest absolute Gasteiger partial charge is 0.127 e. The second-order valence-electron chi connectivity index (χ2n) is 7.35. The van der Waals surface area contributed by atoms with Gasteiger partial charge in [-0.25, -0.2) is 0 Å². The molecule has 4 aromatic carbocycles. The predicted octanol–water partition coefficient (Wildman–Crippen LogP) is 6.85. The molecule has 0 bridgehead atoms. The van der Waals surface area contributed by atoms with Crippen LogP contribution in [0.2, 0.25) is 0 Å². The van der Waals surface area contributed by atoms with Gasteiger partial charge in [0.1, 0.15) is 34.5 Å². The average Bonchev–Trinajstić information content (AvgIpc) is 2.88. The second kappa shape index (κ2) is 10.0. The molecule has 0 fully saturated rings. The van der Waals surface area contributed by atoms with Gasteiger partial charge in [0.25, 0.3) is 0 Å². The number of rotatable bonds is 8. The van der Waals surface area contributed by atoms with Gasteiger partial charge in [-0.15, -0.1) is 0 Å². The van der Waals surface area contributed by atoms with E-state index in [1.807, 2.05) is 84.9 Å². The van der Waals surface area contributed by atoms with Crippen molar-refractivity contribution < 1.29 is 23.7 Å². The quantitative estimate of drug-likeness (QED) is 0.299. The van der Waals surface area contributed by atoms with Crippen LogP contribution >= 0.6 is 0 Å². The maximum absolute atomic E-state index is 6.04. The van der Waals surface area contributed by atoms with Gasteiger partial charge in [-0.1, -0.05) is 24.3 Å². The summed E-state index contributed by atoms with van der Waals surface area (Å²) in [5, 5.41) is 0. The molecule has 5 nitrogen and oxygen atoms in total. The van der Waals surface area contributed by atoms with Crippen molar-refractivity contribution in [1.29, 1.82) is 0 Å². The molecule has 4 rings (SSSR count). The molecule has 0 atom stereocenters. The Morgan fingerprint density at radius 1 is 0.333 bits per heavy atom. The van der Waals surface area contributed by atoms with Gasteiger partial charge < -0.3 is 23.7 Å². The lowest BCUT2D eigenvalue weighted by molar-refractivity contribution is 0.394. The molecule has 33 heavy (non-hydrogen) atoms. The summed E-state index contributed by atoms with van der Waals surface area (Å²) < 4.78 is 27.5. The van der Waals surface area contributed by atoms with Crippen LogP contribution in [0, 0.1) is 0 Å². The van der Waals surface area contributed by atoms with E-state index in [0.29, 0.717) is 0 Å². The fourth-order valence-corrected chi connectivity index (χ4v) is 3.52. The Kier molecular flexibility index (Phi) is 6.69. The summed E-state index contributed by atoms with van der Waals surface area (Å²) in [5.41, 5.74) is 4.11. The van der Waals surface area contributed by atoms with Crippen LogP contribution in [0.15, 0.2) is 84.9 Å². The van der Waals surface area contributed by atoms with Gasteiger partial charge in [0.2, 0.25) is 0 Å². The SMILES string of the molecule is COc1cc(OC)cc(-c2ccc(Oc3ccc(-c4cc(OC)cc(OC)c4)cc3)cc2)c1. The molecular weight excluding hydrogens is 416 g/mol. The summed E-state index contributed by atoms with van der Waals surface area (Å²) in [5.74, 6) is 4.50. The Bertz CT molecular complexity index is 1070. The third-order valence-corrected chi connectivity index (χ3v) is 5.31. The summed E-state index contributed by atoms with van der Waals surface area (Å²) in [6.07, 6.45) is 0. The van der Waals surface area contributed by atoms with Crippen LogP contribution in [0.25, 0.3) is 22.3 Å². The minimum atomic E-state index is 0.749. The topological polar surface area (TPSA) is 46.2 Å². The van der Waals surface area contributed by atoms with Gasteiger partial charge >= 0.3 is 0 Å². The van der Waals surface area contributed by atoms with Crippen molar-refractivity contribution in [2.45, 2.75) is 0 Å². The van der Waals surface area contributed by atoms with Gasteiger partial charge in [0.15, 0.2) is 0 Å². The van der Waals surface area contributed by atoms with Crippen LogP contribution in [-0.4, -0.2) is 28.4 Å². The molecule has 0 aliphatic heterocycles. The third-order valence-electron chi connectivity index (χ3n) is 5.31. The molecule has 0 spiro atoms. The molecule has 4 aromatic rings. The summed E-state index contributed by atoms with van der Waals surface area (Å²) in [7, 11) is 6.58. The molecule has 5 heteroatoms. The minimum Gasteiger partial charge on any atom is -0.497 e. The van der Waals surface area contributed by atoms with Crippen molar-refractivity contribution in [3.05, 3.63) is 84.9 Å². The molecular formula is C28H26O5. The summed E-state index contributed by atoms with van der Waals surface area (Å²) in [6.45, 7) is 0. The van der Waals surface area contributed by atoms with E-state index in [2.05, 4.69) is 0 Å². The summed E-state index contributed by atoms with van der Waals surface area (Å²) in [4.78, 5) is 0. The van der Waals surface area contributed by atoms with Crippen LogP contribution in [0.3, 0.4) is 0 Å². The van der Waals surface area contributed by atoms with Crippen molar-refractivity contribution in [2.24, 2.45) is 0 Å². The first-order chi connectivity index (χ1) is 16.1. The normalized spacial score (nSPS) is 10.4. The van der Waals surface area contributed by atoms with Gasteiger partial charge in [0.05, 0.1) is 28.4 Å². The first kappa shape index (κ1) is 22.1. The van der Waals surface area contributed by atoms with E-state index in [4.69, 9.17) is 23.7 Å². The maximum Gasteiger partial charge on any atom is 0.127 e. The lowest BCUT2D eigenvalue weighted by Gasteiger charge is -2.11. The van der Waals surface area contributed by atoms with Crippen molar-refractivity contribution >= 4 is 0 Å². The third kappa shape index (κ3) is 5.21. The van der Waals surface area contributed by atoms with Crippen molar-refractivity contribution in [3.63, 3.8) is 0 Å². The van der Waals surface area contributed by atoms with Crippen molar-refractivity contribution in [1.82, 2.24) is 0 Å². The molecule has 0 aliphatic carbocycles. The Balaban J connectivity index is 1.50. The van der Waals surface area contributed by atoms with Crippen LogP contribution in [0.1, 0.15) is 0 Å². The Morgan fingerprint density at radius 2 is 0.636 bits per heavy atom. The van der Waals surface area contributed by atoms with Gasteiger partial charge in [-0.3, -0.25) is 0 Å². The molecule has 0 aromatic heterocycles. The zero-order valence-corrected chi connectivity index (χ0v) is 19.1. The zero-order valence-electron chi connectivity index (χ0n) is 19.1. The highest BCUT2D eigenvalue weighted by Crippen LogP contribution is 2.33. The number of methoxy groups -OCH3 is 4. The van der Waals surface area contributed by atoms with Crippen LogP contribution in [0.4, 0.5) is 0 Å².